The van der Waals surface area contributed by atoms with E-state index in [0.717, 1.165) is 58.3 Å². The van der Waals surface area contributed by atoms with Gasteiger partial charge in [-0.05, 0) is 24.5 Å². The molecule has 1 unspecified atom stereocenters. The molecular weight excluding hydrogens is 509 g/mol. The van der Waals surface area contributed by atoms with Crippen LogP contribution in [0.15, 0.2) is 23.2 Å². The molecule has 0 amide bonds. The van der Waals surface area contributed by atoms with E-state index in [0.29, 0.717) is 23.8 Å². The summed E-state index contributed by atoms with van der Waals surface area (Å²) < 4.78 is 40.7. The zero-order valence-electron chi connectivity index (χ0n) is 17.5. The van der Waals surface area contributed by atoms with Crippen molar-refractivity contribution in [3.8, 4) is 11.5 Å². The third-order valence-corrected chi connectivity index (χ3v) is 5.34. The Labute approximate surface area is 193 Å². The summed E-state index contributed by atoms with van der Waals surface area (Å²) in [7, 11) is 3.23. The Morgan fingerprint density at radius 3 is 2.73 bits per heavy atom. The normalized spacial score (nSPS) is 20.2. The van der Waals surface area contributed by atoms with Gasteiger partial charge in [0, 0.05) is 57.9 Å². The second kappa shape index (κ2) is 12.5. The van der Waals surface area contributed by atoms with Crippen LogP contribution in [0.1, 0.15) is 12.0 Å². The number of morpholine rings is 1. The van der Waals surface area contributed by atoms with E-state index in [-0.39, 0.29) is 29.7 Å². The fourth-order valence-electron chi connectivity index (χ4n) is 3.84. The van der Waals surface area contributed by atoms with Crippen LogP contribution < -0.4 is 14.8 Å². The van der Waals surface area contributed by atoms with Crippen LogP contribution in [0.4, 0.5) is 8.78 Å². The Balaban J connectivity index is 0.00000320. The van der Waals surface area contributed by atoms with E-state index in [1.807, 2.05) is 0 Å². The molecule has 2 aliphatic rings. The van der Waals surface area contributed by atoms with Gasteiger partial charge in [0.1, 0.15) is 11.5 Å². The number of aliphatic imine (C=N–C) groups is 1. The van der Waals surface area contributed by atoms with Gasteiger partial charge in [-0.15, -0.1) is 24.0 Å². The molecule has 1 aromatic carbocycles. The number of ether oxygens (including phenoxy) is 3. The summed E-state index contributed by atoms with van der Waals surface area (Å²) >= 11 is 0. The van der Waals surface area contributed by atoms with E-state index in [1.165, 1.54) is 13.2 Å². The molecule has 7 nitrogen and oxygen atoms in total. The standard InChI is InChI=1S/C20H30F2N4O3.HI/c1-23-20(26-6-5-15(14-26)13-25-7-9-28-10-8-25)24-12-16-3-4-17(27-2)11-18(16)29-19(21)22;/h3-4,11,15,19H,5-10,12-14H2,1-2H3,(H,23,24);1H. The number of benzene rings is 1. The van der Waals surface area contributed by atoms with Crippen LogP contribution in [-0.4, -0.2) is 82.5 Å². The molecule has 1 aromatic rings. The zero-order chi connectivity index (χ0) is 20.6. The first kappa shape index (κ1) is 24.9. The Morgan fingerprint density at radius 2 is 2.07 bits per heavy atom. The van der Waals surface area contributed by atoms with Gasteiger partial charge in [0.15, 0.2) is 5.96 Å². The number of rotatable bonds is 7. The largest absolute Gasteiger partial charge is 0.497 e. The Bertz CT molecular complexity index is 690. The molecule has 0 spiro atoms. The number of alkyl halides is 2. The highest BCUT2D eigenvalue weighted by Gasteiger charge is 2.27. The van der Waals surface area contributed by atoms with Crippen LogP contribution in [0.25, 0.3) is 0 Å². The molecule has 0 aromatic heterocycles. The van der Waals surface area contributed by atoms with Gasteiger partial charge >= 0.3 is 6.61 Å². The Morgan fingerprint density at radius 1 is 1.30 bits per heavy atom. The van der Waals surface area contributed by atoms with Gasteiger partial charge in [-0.2, -0.15) is 8.78 Å². The molecule has 10 heteroatoms. The summed E-state index contributed by atoms with van der Waals surface area (Å²) in [6.45, 7) is 3.99. The highest BCUT2D eigenvalue weighted by molar-refractivity contribution is 14.0. The lowest BCUT2D eigenvalue weighted by atomic mass is 10.1. The zero-order valence-corrected chi connectivity index (χ0v) is 19.8. The van der Waals surface area contributed by atoms with Crippen molar-refractivity contribution in [1.29, 1.82) is 0 Å². The monoisotopic (exact) mass is 540 g/mol. The Hall–Kier alpha value is -1.40. The van der Waals surface area contributed by atoms with Crippen molar-refractivity contribution in [2.75, 3.05) is 60.1 Å². The molecule has 2 aliphatic heterocycles. The highest BCUT2D eigenvalue weighted by Crippen LogP contribution is 2.26. The number of guanidine groups is 1. The lowest BCUT2D eigenvalue weighted by Crippen LogP contribution is -2.42. The van der Waals surface area contributed by atoms with E-state index in [4.69, 9.17) is 9.47 Å². The molecule has 0 bridgehead atoms. The molecule has 0 aliphatic carbocycles. The van der Waals surface area contributed by atoms with Gasteiger partial charge < -0.3 is 24.4 Å². The molecule has 2 heterocycles. The first-order valence-electron chi connectivity index (χ1n) is 9.96. The number of hydrogen-bond donors (Lipinski definition) is 1. The molecule has 2 fully saturated rings. The van der Waals surface area contributed by atoms with Crippen molar-refractivity contribution in [2.24, 2.45) is 10.9 Å². The Kier molecular flexibility index (Phi) is 10.3. The maximum Gasteiger partial charge on any atom is 0.387 e. The van der Waals surface area contributed by atoms with Crippen molar-refractivity contribution in [1.82, 2.24) is 15.1 Å². The molecule has 30 heavy (non-hydrogen) atoms. The van der Waals surface area contributed by atoms with E-state index in [9.17, 15) is 8.78 Å². The topological polar surface area (TPSA) is 58.6 Å². The maximum absolute atomic E-state index is 12.8. The summed E-state index contributed by atoms with van der Waals surface area (Å²) in [4.78, 5) is 9.06. The summed E-state index contributed by atoms with van der Waals surface area (Å²) in [5, 5.41) is 3.28. The van der Waals surface area contributed by atoms with Crippen LogP contribution >= 0.6 is 24.0 Å². The van der Waals surface area contributed by atoms with Crippen molar-refractivity contribution in [3.63, 3.8) is 0 Å². The quantitative estimate of drug-likeness (QED) is 0.326. The molecule has 2 saturated heterocycles. The lowest BCUT2D eigenvalue weighted by Gasteiger charge is -2.29. The molecule has 0 saturated carbocycles. The number of methoxy groups -OCH3 is 1. The minimum atomic E-state index is -2.89. The average Bonchev–Trinajstić information content (AvgIpc) is 3.18. The second-order valence-corrected chi connectivity index (χ2v) is 7.27. The number of nitrogens with one attached hydrogen (secondary N) is 1. The molecular formula is C20H31F2IN4O3. The summed E-state index contributed by atoms with van der Waals surface area (Å²) in [6.07, 6.45) is 1.11. The van der Waals surface area contributed by atoms with Crippen molar-refractivity contribution in [3.05, 3.63) is 23.8 Å². The van der Waals surface area contributed by atoms with Gasteiger partial charge in [-0.3, -0.25) is 9.89 Å². The van der Waals surface area contributed by atoms with E-state index >= 15 is 0 Å². The van der Waals surface area contributed by atoms with Crippen molar-refractivity contribution < 1.29 is 23.0 Å². The van der Waals surface area contributed by atoms with Gasteiger partial charge in [0.05, 0.1) is 20.3 Å². The third kappa shape index (κ3) is 7.09. The predicted octanol–water partition coefficient (Wildman–Crippen LogP) is 2.64. The minimum Gasteiger partial charge on any atom is -0.497 e. The minimum absolute atomic E-state index is 0. The third-order valence-electron chi connectivity index (χ3n) is 5.34. The molecule has 3 rings (SSSR count). The van der Waals surface area contributed by atoms with E-state index in [1.54, 1.807) is 19.2 Å². The lowest BCUT2D eigenvalue weighted by molar-refractivity contribution is -0.0505. The molecule has 0 radical (unpaired) electrons. The predicted molar refractivity (Wildman–Crippen MR) is 122 cm³/mol. The van der Waals surface area contributed by atoms with Crippen LogP contribution in [0.2, 0.25) is 0 Å². The van der Waals surface area contributed by atoms with Crippen molar-refractivity contribution in [2.45, 2.75) is 19.6 Å². The van der Waals surface area contributed by atoms with Gasteiger partial charge in [-0.25, -0.2) is 0 Å². The first-order valence-corrected chi connectivity index (χ1v) is 9.96. The van der Waals surface area contributed by atoms with E-state index in [2.05, 4.69) is 24.8 Å². The van der Waals surface area contributed by atoms with Crippen LogP contribution in [0, 0.1) is 5.92 Å². The van der Waals surface area contributed by atoms with Crippen molar-refractivity contribution >= 4 is 29.9 Å². The number of likely N-dealkylation sites (tertiary alicyclic amines) is 1. The highest BCUT2D eigenvalue weighted by atomic mass is 127. The SMILES string of the molecule is CN=C(NCc1ccc(OC)cc1OC(F)F)N1CCC(CN2CCOCC2)C1.I. The van der Waals surface area contributed by atoms with Gasteiger partial charge in [0.25, 0.3) is 0 Å². The van der Waals surface area contributed by atoms with Crippen LogP contribution in [-0.2, 0) is 11.3 Å². The fourth-order valence-corrected chi connectivity index (χ4v) is 3.84. The summed E-state index contributed by atoms with van der Waals surface area (Å²) in [6, 6.07) is 4.93. The smallest absolute Gasteiger partial charge is 0.387 e. The maximum atomic E-state index is 12.8. The van der Waals surface area contributed by atoms with E-state index < -0.39 is 6.61 Å². The van der Waals surface area contributed by atoms with Crippen LogP contribution in [0.3, 0.4) is 0 Å². The van der Waals surface area contributed by atoms with Gasteiger partial charge in [0.2, 0.25) is 0 Å². The number of nitrogens with zero attached hydrogens (tertiary/aromatic N) is 3. The average molecular weight is 540 g/mol. The molecule has 170 valence electrons. The first-order chi connectivity index (χ1) is 14.1. The number of halogens is 3. The number of hydrogen-bond acceptors (Lipinski definition) is 5. The molecule has 1 atom stereocenters. The van der Waals surface area contributed by atoms with Crippen LogP contribution in [0.5, 0.6) is 11.5 Å². The van der Waals surface area contributed by atoms with Gasteiger partial charge in [-0.1, -0.05) is 0 Å². The second-order valence-electron chi connectivity index (χ2n) is 7.27. The molecule has 1 N–H and O–H groups in total. The summed E-state index contributed by atoms with van der Waals surface area (Å²) in [5.41, 5.74) is 0.622. The summed E-state index contributed by atoms with van der Waals surface area (Å²) in [5.74, 6) is 1.94. The fraction of sp³-hybridized carbons (Fsp3) is 0.650.